The molecular weight excluding hydrogens is 382 g/mol. The molecule has 1 N–H and O–H groups in total. The summed E-state index contributed by atoms with van der Waals surface area (Å²) in [7, 11) is 1.62. The number of nitrogens with one attached hydrogen (secondary N) is 1. The average Bonchev–Trinajstić information content (AvgIpc) is 3.48. The number of benzene rings is 1. The van der Waals surface area contributed by atoms with E-state index in [0.29, 0.717) is 12.3 Å². The van der Waals surface area contributed by atoms with Crippen molar-refractivity contribution in [2.24, 2.45) is 5.92 Å². The lowest BCUT2D eigenvalue weighted by molar-refractivity contribution is 0.0887. The number of furan rings is 1. The highest BCUT2D eigenvalue weighted by atomic mass is 16.5. The molecule has 1 fully saturated rings. The minimum atomic E-state index is -0.263. The SMILES string of the molecule is COc1ccc(-c2cc(C(=O)NCC(c3ccco3)N3CCC(C)CC3)no2)cc1. The molecule has 1 aliphatic heterocycles. The summed E-state index contributed by atoms with van der Waals surface area (Å²) in [5.41, 5.74) is 1.09. The zero-order chi connectivity index (χ0) is 20.9. The summed E-state index contributed by atoms with van der Waals surface area (Å²) in [5.74, 6) is 2.63. The first-order chi connectivity index (χ1) is 14.6. The number of hydrogen-bond donors (Lipinski definition) is 1. The molecule has 1 atom stereocenters. The van der Waals surface area contributed by atoms with Crippen molar-refractivity contribution in [2.45, 2.75) is 25.8 Å². The second-order valence-corrected chi connectivity index (χ2v) is 7.76. The first kappa shape index (κ1) is 20.2. The normalized spacial score (nSPS) is 16.3. The van der Waals surface area contributed by atoms with Crippen LogP contribution in [0.4, 0.5) is 0 Å². The fraction of sp³-hybridized carbons (Fsp3) is 0.391. The maximum atomic E-state index is 12.7. The summed E-state index contributed by atoms with van der Waals surface area (Å²) in [6.07, 6.45) is 3.98. The Bertz CT molecular complexity index is 941. The fourth-order valence-corrected chi connectivity index (χ4v) is 3.78. The van der Waals surface area contributed by atoms with Crippen LogP contribution in [0.2, 0.25) is 0 Å². The van der Waals surface area contributed by atoms with Crippen LogP contribution in [-0.2, 0) is 0 Å². The summed E-state index contributed by atoms with van der Waals surface area (Å²) in [4.78, 5) is 15.1. The van der Waals surface area contributed by atoms with Crippen LogP contribution in [0.5, 0.6) is 5.75 Å². The number of hydrogen-bond acceptors (Lipinski definition) is 6. The number of ether oxygens (including phenoxy) is 1. The van der Waals surface area contributed by atoms with Crippen LogP contribution in [0.3, 0.4) is 0 Å². The summed E-state index contributed by atoms with van der Waals surface area (Å²) in [5, 5.41) is 6.94. The zero-order valence-electron chi connectivity index (χ0n) is 17.3. The van der Waals surface area contributed by atoms with Gasteiger partial charge in [0.2, 0.25) is 0 Å². The molecule has 3 heterocycles. The van der Waals surface area contributed by atoms with Crippen LogP contribution < -0.4 is 10.1 Å². The molecule has 158 valence electrons. The Hall–Kier alpha value is -3.06. The van der Waals surface area contributed by atoms with Gasteiger partial charge < -0.3 is 19.0 Å². The van der Waals surface area contributed by atoms with Gasteiger partial charge in [-0.1, -0.05) is 12.1 Å². The Morgan fingerprint density at radius 2 is 2.03 bits per heavy atom. The van der Waals surface area contributed by atoms with Crippen LogP contribution in [0.25, 0.3) is 11.3 Å². The predicted molar refractivity (Wildman–Crippen MR) is 112 cm³/mol. The van der Waals surface area contributed by atoms with Gasteiger partial charge >= 0.3 is 0 Å². The van der Waals surface area contributed by atoms with Gasteiger partial charge in [0.15, 0.2) is 11.5 Å². The molecule has 0 spiro atoms. The number of methoxy groups -OCH3 is 1. The number of likely N-dealkylation sites (tertiary alicyclic amines) is 1. The standard InChI is InChI=1S/C23H27N3O4/c1-16-9-11-26(12-10-16)20(21-4-3-13-29-21)15-24-23(27)19-14-22(30-25-19)17-5-7-18(28-2)8-6-17/h3-8,13-14,16,20H,9-12,15H2,1-2H3,(H,24,27). The highest BCUT2D eigenvalue weighted by Gasteiger charge is 2.27. The monoisotopic (exact) mass is 409 g/mol. The van der Waals surface area contributed by atoms with Crippen molar-refractivity contribution in [3.63, 3.8) is 0 Å². The van der Waals surface area contributed by atoms with E-state index in [2.05, 4.69) is 22.3 Å². The van der Waals surface area contributed by atoms with Crippen LogP contribution in [0, 0.1) is 5.92 Å². The number of rotatable bonds is 7. The molecule has 30 heavy (non-hydrogen) atoms. The number of piperidine rings is 1. The molecule has 4 rings (SSSR count). The molecule has 7 heteroatoms. The van der Waals surface area contributed by atoms with E-state index in [-0.39, 0.29) is 17.6 Å². The van der Waals surface area contributed by atoms with E-state index in [1.165, 1.54) is 0 Å². The van der Waals surface area contributed by atoms with E-state index >= 15 is 0 Å². The second-order valence-electron chi connectivity index (χ2n) is 7.76. The smallest absolute Gasteiger partial charge is 0.273 e. The largest absolute Gasteiger partial charge is 0.497 e. The quantitative estimate of drug-likeness (QED) is 0.632. The van der Waals surface area contributed by atoms with E-state index in [4.69, 9.17) is 13.7 Å². The number of aromatic nitrogens is 1. The van der Waals surface area contributed by atoms with Gasteiger partial charge in [-0.2, -0.15) is 0 Å². The van der Waals surface area contributed by atoms with Gasteiger partial charge in [-0.25, -0.2) is 0 Å². The van der Waals surface area contributed by atoms with Crippen molar-refractivity contribution in [2.75, 3.05) is 26.7 Å². The minimum absolute atomic E-state index is 0.00408. The topological polar surface area (TPSA) is 80.7 Å². The summed E-state index contributed by atoms with van der Waals surface area (Å²) >= 11 is 0. The third-order valence-electron chi connectivity index (χ3n) is 5.70. The first-order valence-corrected chi connectivity index (χ1v) is 10.3. The van der Waals surface area contributed by atoms with Gasteiger partial charge in [0.05, 0.1) is 19.4 Å². The lowest BCUT2D eigenvalue weighted by Gasteiger charge is -2.35. The molecule has 1 unspecified atom stereocenters. The van der Waals surface area contributed by atoms with Crippen molar-refractivity contribution in [1.82, 2.24) is 15.4 Å². The van der Waals surface area contributed by atoms with Gasteiger partial charge in [0.25, 0.3) is 5.91 Å². The molecule has 7 nitrogen and oxygen atoms in total. The highest BCUT2D eigenvalue weighted by molar-refractivity contribution is 5.93. The maximum absolute atomic E-state index is 12.7. The predicted octanol–water partition coefficient (Wildman–Crippen LogP) is 4.15. The lowest BCUT2D eigenvalue weighted by Crippen LogP contribution is -2.41. The average molecular weight is 409 g/mol. The molecule has 1 aliphatic rings. The Kier molecular flexibility index (Phi) is 6.18. The number of nitrogens with zero attached hydrogens (tertiary/aromatic N) is 2. The molecule has 3 aromatic rings. The van der Waals surface area contributed by atoms with Crippen LogP contribution in [0.15, 0.2) is 57.7 Å². The van der Waals surface area contributed by atoms with Crippen LogP contribution >= 0.6 is 0 Å². The number of carbonyl (C=O) groups excluding carboxylic acids is 1. The summed E-state index contributed by atoms with van der Waals surface area (Å²) < 4.78 is 16.2. The Morgan fingerprint density at radius 1 is 1.27 bits per heavy atom. The maximum Gasteiger partial charge on any atom is 0.273 e. The molecular formula is C23H27N3O4. The molecule has 1 saturated heterocycles. The van der Waals surface area contributed by atoms with Gasteiger partial charge in [-0.05, 0) is 68.2 Å². The van der Waals surface area contributed by atoms with Crippen molar-refractivity contribution < 1.29 is 18.5 Å². The van der Waals surface area contributed by atoms with E-state index in [1.807, 2.05) is 36.4 Å². The van der Waals surface area contributed by atoms with E-state index < -0.39 is 0 Å². The third-order valence-corrected chi connectivity index (χ3v) is 5.70. The van der Waals surface area contributed by atoms with Crippen LogP contribution in [-0.4, -0.2) is 42.7 Å². The van der Waals surface area contributed by atoms with E-state index in [0.717, 1.165) is 48.9 Å². The summed E-state index contributed by atoms with van der Waals surface area (Å²) in [6.45, 7) is 4.72. The molecule has 0 saturated carbocycles. The third kappa shape index (κ3) is 4.57. The zero-order valence-corrected chi connectivity index (χ0v) is 17.3. The minimum Gasteiger partial charge on any atom is -0.497 e. The van der Waals surface area contributed by atoms with E-state index in [9.17, 15) is 4.79 Å². The van der Waals surface area contributed by atoms with E-state index in [1.54, 1.807) is 19.4 Å². The lowest BCUT2D eigenvalue weighted by atomic mass is 9.97. The molecule has 1 amide bonds. The van der Waals surface area contributed by atoms with Gasteiger partial charge in [-0.15, -0.1) is 0 Å². The number of carbonyl (C=O) groups is 1. The van der Waals surface area contributed by atoms with Crippen molar-refractivity contribution >= 4 is 5.91 Å². The fourth-order valence-electron chi connectivity index (χ4n) is 3.78. The molecule has 2 aromatic heterocycles. The Balaban J connectivity index is 1.41. The Labute approximate surface area is 176 Å². The molecule has 0 bridgehead atoms. The van der Waals surface area contributed by atoms with Gasteiger partial charge in [0, 0.05) is 18.2 Å². The van der Waals surface area contributed by atoms with Crippen molar-refractivity contribution in [1.29, 1.82) is 0 Å². The molecule has 1 aromatic carbocycles. The van der Waals surface area contributed by atoms with Crippen molar-refractivity contribution in [3.05, 3.63) is 60.2 Å². The first-order valence-electron chi connectivity index (χ1n) is 10.3. The van der Waals surface area contributed by atoms with Crippen molar-refractivity contribution in [3.8, 4) is 17.1 Å². The van der Waals surface area contributed by atoms with Crippen LogP contribution in [0.1, 0.15) is 42.1 Å². The Morgan fingerprint density at radius 3 is 2.70 bits per heavy atom. The van der Waals surface area contributed by atoms with Gasteiger partial charge in [0.1, 0.15) is 11.5 Å². The summed E-state index contributed by atoms with van der Waals surface area (Å²) in [6, 6.07) is 12.9. The molecule has 0 radical (unpaired) electrons. The second kappa shape index (κ2) is 9.17. The van der Waals surface area contributed by atoms with Gasteiger partial charge in [-0.3, -0.25) is 9.69 Å². The molecule has 0 aliphatic carbocycles. The highest BCUT2D eigenvalue weighted by Crippen LogP contribution is 2.27. The number of amides is 1.